The van der Waals surface area contributed by atoms with Crippen LogP contribution in [0.25, 0.3) is 43.4 Å². The SMILES string of the molecule is CC(C)(C)c1cc(-c2ccc3ccccc3c2)c2cc3ccccc3cc2c1. The van der Waals surface area contributed by atoms with Gasteiger partial charge in [-0.1, -0.05) is 87.5 Å². The third kappa shape index (κ3) is 2.86. The minimum Gasteiger partial charge on any atom is -0.0616 e. The minimum absolute atomic E-state index is 0.103. The third-order valence-electron chi connectivity index (χ3n) is 5.75. The van der Waals surface area contributed by atoms with Crippen molar-refractivity contribution in [2.24, 2.45) is 0 Å². The Morgan fingerprint density at radius 2 is 1.11 bits per heavy atom. The van der Waals surface area contributed by atoms with Crippen molar-refractivity contribution in [2.75, 3.05) is 0 Å². The molecular formula is C28H24. The van der Waals surface area contributed by atoms with Crippen LogP contribution in [0.15, 0.2) is 91.0 Å². The van der Waals surface area contributed by atoms with Crippen LogP contribution in [-0.4, -0.2) is 0 Å². The first kappa shape index (κ1) is 17.0. The van der Waals surface area contributed by atoms with E-state index in [0.29, 0.717) is 0 Å². The molecule has 0 fully saturated rings. The van der Waals surface area contributed by atoms with Gasteiger partial charge in [0.15, 0.2) is 0 Å². The zero-order valence-electron chi connectivity index (χ0n) is 16.7. The smallest absolute Gasteiger partial charge is 0.00988 e. The topological polar surface area (TPSA) is 0 Å². The van der Waals surface area contributed by atoms with Gasteiger partial charge in [-0.15, -0.1) is 0 Å². The molecule has 0 nitrogen and oxygen atoms in total. The van der Waals surface area contributed by atoms with Crippen molar-refractivity contribution in [2.45, 2.75) is 26.2 Å². The van der Waals surface area contributed by atoms with Crippen LogP contribution >= 0.6 is 0 Å². The van der Waals surface area contributed by atoms with E-state index >= 15 is 0 Å². The fourth-order valence-electron chi connectivity index (χ4n) is 4.08. The summed E-state index contributed by atoms with van der Waals surface area (Å²) in [4.78, 5) is 0. The number of fused-ring (bicyclic) bond motifs is 3. The first-order valence-electron chi connectivity index (χ1n) is 9.95. The summed E-state index contributed by atoms with van der Waals surface area (Å²) in [5, 5.41) is 7.80. The van der Waals surface area contributed by atoms with E-state index in [1.54, 1.807) is 0 Å². The molecule has 5 aromatic rings. The standard InChI is InChI=1S/C28H24/c1-28(2,3)25-16-24-15-21-10-6-7-11-22(21)17-26(24)27(18-25)23-13-12-19-8-4-5-9-20(19)14-23/h4-18H,1-3H3. The van der Waals surface area contributed by atoms with Gasteiger partial charge in [0.2, 0.25) is 0 Å². The molecule has 0 aliphatic carbocycles. The molecule has 0 radical (unpaired) electrons. The predicted octanol–water partition coefficient (Wildman–Crippen LogP) is 8.11. The van der Waals surface area contributed by atoms with Crippen LogP contribution in [0.2, 0.25) is 0 Å². The van der Waals surface area contributed by atoms with Crippen molar-refractivity contribution in [1.29, 1.82) is 0 Å². The molecule has 28 heavy (non-hydrogen) atoms. The molecule has 0 aliphatic heterocycles. The van der Waals surface area contributed by atoms with Crippen LogP contribution in [0.5, 0.6) is 0 Å². The van der Waals surface area contributed by atoms with Crippen LogP contribution in [0, 0.1) is 0 Å². The van der Waals surface area contributed by atoms with Crippen molar-refractivity contribution >= 4 is 32.3 Å². The summed E-state index contributed by atoms with van der Waals surface area (Å²) in [6.07, 6.45) is 0. The molecule has 5 aromatic carbocycles. The van der Waals surface area contributed by atoms with Crippen LogP contribution in [-0.2, 0) is 5.41 Å². The second-order valence-corrected chi connectivity index (χ2v) is 8.76. The number of hydrogen-bond acceptors (Lipinski definition) is 0. The second-order valence-electron chi connectivity index (χ2n) is 8.76. The lowest BCUT2D eigenvalue weighted by molar-refractivity contribution is 0.591. The van der Waals surface area contributed by atoms with Gasteiger partial charge in [-0.3, -0.25) is 0 Å². The maximum absolute atomic E-state index is 2.39. The third-order valence-corrected chi connectivity index (χ3v) is 5.75. The second kappa shape index (κ2) is 6.21. The summed E-state index contributed by atoms with van der Waals surface area (Å²) in [5.41, 5.74) is 4.08. The van der Waals surface area contributed by atoms with Gasteiger partial charge in [-0.2, -0.15) is 0 Å². The van der Waals surface area contributed by atoms with Gasteiger partial charge in [0, 0.05) is 0 Å². The number of hydrogen-bond donors (Lipinski definition) is 0. The fraction of sp³-hybridized carbons (Fsp3) is 0.143. The van der Waals surface area contributed by atoms with E-state index < -0.39 is 0 Å². The maximum atomic E-state index is 2.39. The Morgan fingerprint density at radius 1 is 0.500 bits per heavy atom. The Labute approximate surface area is 166 Å². The molecule has 0 N–H and O–H groups in total. The lowest BCUT2D eigenvalue weighted by Gasteiger charge is -2.22. The highest BCUT2D eigenvalue weighted by molar-refractivity contribution is 6.06. The maximum Gasteiger partial charge on any atom is -0.00988 e. The van der Waals surface area contributed by atoms with Crippen LogP contribution in [0.1, 0.15) is 26.3 Å². The largest absolute Gasteiger partial charge is 0.0616 e. The molecule has 0 aromatic heterocycles. The molecule has 0 bridgehead atoms. The monoisotopic (exact) mass is 360 g/mol. The Balaban J connectivity index is 1.87. The molecule has 0 amide bonds. The first-order valence-corrected chi connectivity index (χ1v) is 9.95. The average molecular weight is 361 g/mol. The zero-order chi connectivity index (χ0) is 19.3. The highest BCUT2D eigenvalue weighted by atomic mass is 14.2. The lowest BCUT2D eigenvalue weighted by Crippen LogP contribution is -2.11. The van der Waals surface area contributed by atoms with Gasteiger partial charge in [-0.05, 0) is 78.7 Å². The van der Waals surface area contributed by atoms with Gasteiger partial charge in [0.05, 0.1) is 0 Å². The first-order chi connectivity index (χ1) is 13.5. The molecule has 0 atom stereocenters. The number of benzene rings is 5. The summed E-state index contributed by atoms with van der Waals surface area (Å²) in [5.74, 6) is 0. The highest BCUT2D eigenvalue weighted by Crippen LogP contribution is 2.37. The van der Waals surface area contributed by atoms with E-state index in [4.69, 9.17) is 0 Å². The van der Waals surface area contributed by atoms with Gasteiger partial charge >= 0.3 is 0 Å². The average Bonchev–Trinajstić information content (AvgIpc) is 2.70. The van der Waals surface area contributed by atoms with Gasteiger partial charge in [0.25, 0.3) is 0 Å². The molecule has 0 saturated carbocycles. The summed E-state index contributed by atoms with van der Waals surface area (Å²) in [6.45, 7) is 6.87. The van der Waals surface area contributed by atoms with E-state index in [2.05, 4.69) is 112 Å². The number of rotatable bonds is 1. The van der Waals surface area contributed by atoms with E-state index in [9.17, 15) is 0 Å². The molecule has 0 saturated heterocycles. The molecule has 0 heterocycles. The Kier molecular flexibility index (Phi) is 3.77. The summed E-state index contributed by atoms with van der Waals surface area (Å²) >= 11 is 0. The zero-order valence-corrected chi connectivity index (χ0v) is 16.7. The van der Waals surface area contributed by atoms with Crippen molar-refractivity contribution in [3.05, 3.63) is 96.6 Å². The normalized spacial score (nSPS) is 12.1. The van der Waals surface area contributed by atoms with Crippen molar-refractivity contribution in [3.8, 4) is 11.1 Å². The van der Waals surface area contributed by atoms with Gasteiger partial charge in [0.1, 0.15) is 0 Å². The Hall–Kier alpha value is -3.12. The van der Waals surface area contributed by atoms with Crippen LogP contribution < -0.4 is 0 Å². The molecule has 0 heteroatoms. The van der Waals surface area contributed by atoms with Crippen molar-refractivity contribution in [3.63, 3.8) is 0 Å². The lowest BCUT2D eigenvalue weighted by atomic mass is 9.82. The fourth-order valence-corrected chi connectivity index (χ4v) is 4.08. The Morgan fingerprint density at radius 3 is 1.79 bits per heavy atom. The van der Waals surface area contributed by atoms with Crippen LogP contribution in [0.4, 0.5) is 0 Å². The molecule has 136 valence electrons. The summed E-state index contributed by atoms with van der Waals surface area (Å²) < 4.78 is 0. The van der Waals surface area contributed by atoms with E-state index in [1.165, 1.54) is 49.0 Å². The molecule has 0 unspecified atom stereocenters. The molecule has 0 aliphatic rings. The quantitative estimate of drug-likeness (QED) is 0.265. The van der Waals surface area contributed by atoms with E-state index in [1.807, 2.05) is 0 Å². The molecular weight excluding hydrogens is 336 g/mol. The van der Waals surface area contributed by atoms with Gasteiger partial charge in [-0.25, -0.2) is 0 Å². The van der Waals surface area contributed by atoms with Crippen LogP contribution in [0.3, 0.4) is 0 Å². The summed E-state index contributed by atoms with van der Waals surface area (Å²) in [6, 6.07) is 33.5. The van der Waals surface area contributed by atoms with Crippen molar-refractivity contribution in [1.82, 2.24) is 0 Å². The molecule has 5 rings (SSSR count). The van der Waals surface area contributed by atoms with E-state index in [-0.39, 0.29) is 5.41 Å². The minimum atomic E-state index is 0.103. The van der Waals surface area contributed by atoms with Crippen molar-refractivity contribution < 1.29 is 0 Å². The molecule has 0 spiro atoms. The predicted molar refractivity (Wildman–Crippen MR) is 123 cm³/mol. The highest BCUT2D eigenvalue weighted by Gasteiger charge is 2.17. The Bertz CT molecular complexity index is 1330. The van der Waals surface area contributed by atoms with E-state index in [0.717, 1.165) is 0 Å². The summed E-state index contributed by atoms with van der Waals surface area (Å²) in [7, 11) is 0. The van der Waals surface area contributed by atoms with Gasteiger partial charge < -0.3 is 0 Å².